The Hall–Kier alpha value is -1.50. The first kappa shape index (κ1) is 14.4. The van der Waals surface area contributed by atoms with Crippen LogP contribution in [0.1, 0.15) is 24.2 Å². The molecule has 1 aliphatic rings. The first-order valence-corrected chi connectivity index (χ1v) is 7.78. The lowest BCUT2D eigenvalue weighted by Gasteiger charge is -2.42. The van der Waals surface area contributed by atoms with E-state index in [4.69, 9.17) is 4.74 Å². The third kappa shape index (κ3) is 2.92. The quantitative estimate of drug-likeness (QED) is 0.920. The molecule has 1 aromatic heterocycles. The molecule has 0 aliphatic carbocycles. The van der Waals surface area contributed by atoms with Crippen LogP contribution in [0.15, 0.2) is 23.7 Å². The molecule has 1 unspecified atom stereocenters. The summed E-state index contributed by atoms with van der Waals surface area (Å²) in [6, 6.07) is 5.56. The van der Waals surface area contributed by atoms with Gasteiger partial charge in [-0.2, -0.15) is 0 Å². The van der Waals surface area contributed by atoms with Gasteiger partial charge in [-0.1, -0.05) is 0 Å². The van der Waals surface area contributed by atoms with Gasteiger partial charge >= 0.3 is 0 Å². The van der Waals surface area contributed by atoms with E-state index in [1.165, 1.54) is 11.3 Å². The van der Waals surface area contributed by atoms with Crippen molar-refractivity contribution in [2.45, 2.75) is 25.6 Å². The minimum absolute atomic E-state index is 0.0277. The summed E-state index contributed by atoms with van der Waals surface area (Å²) in [6.45, 7) is 4.71. The van der Waals surface area contributed by atoms with E-state index in [1.54, 1.807) is 16.5 Å². The highest BCUT2D eigenvalue weighted by Gasteiger charge is 2.35. The van der Waals surface area contributed by atoms with Gasteiger partial charge in [0.15, 0.2) is 0 Å². The van der Waals surface area contributed by atoms with Gasteiger partial charge < -0.3 is 14.7 Å². The molecule has 0 radical (unpaired) electrons. The molecule has 1 N–H and O–H groups in total. The second kappa shape index (κ2) is 5.36. The zero-order chi connectivity index (χ0) is 15.0. The number of hydrogen-bond acceptors (Lipinski definition) is 5. The smallest absolute Gasteiger partial charge is 0.254 e. The number of hydrogen-bond donors (Lipinski definition) is 1. The van der Waals surface area contributed by atoms with E-state index in [-0.39, 0.29) is 18.6 Å². The standard InChI is InChI=1S/C15H18N2O3S/c1-15(2)8-17(6-11(7-18)20-15)14(19)10-3-4-12-13(5-10)21-9-16-12/h3-5,9,11,18H,6-8H2,1-2H3. The van der Waals surface area contributed by atoms with E-state index in [9.17, 15) is 9.90 Å². The van der Waals surface area contributed by atoms with Crippen LogP contribution in [0.3, 0.4) is 0 Å². The molecule has 0 bridgehead atoms. The number of fused-ring (bicyclic) bond motifs is 1. The highest BCUT2D eigenvalue weighted by atomic mass is 32.1. The lowest BCUT2D eigenvalue weighted by molar-refractivity contribution is -0.139. The van der Waals surface area contributed by atoms with Gasteiger partial charge in [-0.05, 0) is 32.0 Å². The van der Waals surface area contributed by atoms with E-state index >= 15 is 0 Å². The highest BCUT2D eigenvalue weighted by molar-refractivity contribution is 7.16. The predicted octanol–water partition coefficient (Wildman–Crippen LogP) is 1.91. The number of carbonyl (C=O) groups excluding carboxylic acids is 1. The van der Waals surface area contributed by atoms with Gasteiger partial charge in [-0.3, -0.25) is 4.79 Å². The number of nitrogens with zero attached hydrogens (tertiary/aromatic N) is 2. The minimum Gasteiger partial charge on any atom is -0.394 e. The van der Waals surface area contributed by atoms with Crippen molar-refractivity contribution in [3.05, 3.63) is 29.3 Å². The molecule has 1 fully saturated rings. The number of morpholine rings is 1. The topological polar surface area (TPSA) is 62.7 Å². The van der Waals surface area contributed by atoms with E-state index < -0.39 is 5.60 Å². The normalized spacial score (nSPS) is 21.7. The molecular weight excluding hydrogens is 288 g/mol. The SMILES string of the molecule is CC1(C)CN(C(=O)c2ccc3ncsc3c2)CC(CO)O1. The van der Waals surface area contributed by atoms with Gasteiger partial charge in [-0.15, -0.1) is 11.3 Å². The Bertz CT molecular complexity index is 668. The Labute approximate surface area is 127 Å². The Morgan fingerprint density at radius 3 is 3.14 bits per heavy atom. The first-order chi connectivity index (χ1) is 9.98. The Balaban J connectivity index is 1.86. The molecule has 1 saturated heterocycles. The predicted molar refractivity (Wildman–Crippen MR) is 81.6 cm³/mol. The molecule has 6 heteroatoms. The lowest BCUT2D eigenvalue weighted by atomic mass is 10.0. The van der Waals surface area contributed by atoms with Crippen LogP contribution >= 0.6 is 11.3 Å². The summed E-state index contributed by atoms with van der Waals surface area (Å²) < 4.78 is 6.75. The largest absolute Gasteiger partial charge is 0.394 e. The van der Waals surface area contributed by atoms with E-state index in [0.717, 1.165) is 10.2 Å². The fraction of sp³-hybridized carbons (Fsp3) is 0.467. The number of carbonyl (C=O) groups is 1. The number of benzene rings is 1. The summed E-state index contributed by atoms with van der Waals surface area (Å²) in [6.07, 6.45) is -0.329. The van der Waals surface area contributed by atoms with E-state index in [1.807, 2.05) is 26.0 Å². The minimum atomic E-state index is -0.449. The summed E-state index contributed by atoms with van der Waals surface area (Å²) in [7, 11) is 0. The van der Waals surface area contributed by atoms with Gasteiger partial charge in [0, 0.05) is 18.7 Å². The summed E-state index contributed by atoms with van der Waals surface area (Å²) >= 11 is 1.52. The van der Waals surface area contributed by atoms with Crippen molar-refractivity contribution in [2.24, 2.45) is 0 Å². The summed E-state index contributed by atoms with van der Waals surface area (Å²) in [4.78, 5) is 18.7. The summed E-state index contributed by atoms with van der Waals surface area (Å²) in [5.74, 6) is -0.0277. The number of aliphatic hydroxyl groups excluding tert-OH is 1. The zero-order valence-corrected chi connectivity index (χ0v) is 12.9. The van der Waals surface area contributed by atoms with E-state index in [2.05, 4.69) is 4.98 Å². The molecule has 21 heavy (non-hydrogen) atoms. The van der Waals surface area contributed by atoms with Crippen molar-refractivity contribution in [2.75, 3.05) is 19.7 Å². The number of aliphatic hydroxyl groups is 1. The van der Waals surface area contributed by atoms with E-state index in [0.29, 0.717) is 18.7 Å². The lowest BCUT2D eigenvalue weighted by Crippen LogP contribution is -2.55. The molecule has 1 aromatic carbocycles. The fourth-order valence-corrected chi connectivity index (χ4v) is 3.43. The molecule has 112 valence electrons. The molecule has 1 aliphatic heterocycles. The van der Waals surface area contributed by atoms with Gasteiger partial charge in [-0.25, -0.2) is 4.98 Å². The van der Waals surface area contributed by atoms with Crippen molar-refractivity contribution in [3.8, 4) is 0 Å². The van der Waals surface area contributed by atoms with Crippen LogP contribution < -0.4 is 0 Å². The molecule has 5 nitrogen and oxygen atoms in total. The van der Waals surface area contributed by atoms with Crippen LogP contribution in [0.4, 0.5) is 0 Å². The van der Waals surface area contributed by atoms with Gasteiger partial charge in [0.1, 0.15) is 0 Å². The molecule has 1 amide bonds. The molecule has 1 atom stereocenters. The molecule has 2 heterocycles. The maximum absolute atomic E-state index is 12.7. The van der Waals surface area contributed by atoms with Gasteiger partial charge in [0.2, 0.25) is 0 Å². The molecule has 0 saturated carbocycles. The van der Waals surface area contributed by atoms with Crippen molar-refractivity contribution >= 4 is 27.5 Å². The number of ether oxygens (including phenoxy) is 1. The second-order valence-electron chi connectivity index (χ2n) is 5.90. The van der Waals surface area contributed by atoms with Crippen molar-refractivity contribution in [3.63, 3.8) is 0 Å². The van der Waals surface area contributed by atoms with Crippen molar-refractivity contribution < 1.29 is 14.6 Å². The average Bonchev–Trinajstić information content (AvgIpc) is 2.92. The third-order valence-corrected chi connectivity index (χ3v) is 4.34. The molecule has 2 aromatic rings. The Morgan fingerprint density at radius 2 is 2.38 bits per heavy atom. The van der Waals surface area contributed by atoms with Crippen LogP contribution in [0.25, 0.3) is 10.2 Å². The Morgan fingerprint density at radius 1 is 1.57 bits per heavy atom. The maximum atomic E-state index is 12.7. The number of rotatable bonds is 2. The molecule has 3 rings (SSSR count). The van der Waals surface area contributed by atoms with Gasteiger partial charge in [0.05, 0.1) is 34.0 Å². The van der Waals surface area contributed by atoms with Crippen LogP contribution in [0, 0.1) is 0 Å². The second-order valence-corrected chi connectivity index (χ2v) is 6.79. The summed E-state index contributed by atoms with van der Waals surface area (Å²) in [5, 5.41) is 9.34. The molecule has 0 spiro atoms. The average molecular weight is 306 g/mol. The van der Waals surface area contributed by atoms with Crippen molar-refractivity contribution in [1.82, 2.24) is 9.88 Å². The van der Waals surface area contributed by atoms with Crippen LogP contribution in [0.5, 0.6) is 0 Å². The monoisotopic (exact) mass is 306 g/mol. The maximum Gasteiger partial charge on any atom is 0.254 e. The Kier molecular flexibility index (Phi) is 3.69. The van der Waals surface area contributed by atoms with Crippen LogP contribution in [0.2, 0.25) is 0 Å². The highest BCUT2D eigenvalue weighted by Crippen LogP contribution is 2.24. The number of amides is 1. The number of aromatic nitrogens is 1. The first-order valence-electron chi connectivity index (χ1n) is 6.90. The van der Waals surface area contributed by atoms with Crippen molar-refractivity contribution in [1.29, 1.82) is 0 Å². The summed E-state index contributed by atoms with van der Waals surface area (Å²) in [5.41, 5.74) is 2.89. The molecular formula is C15H18N2O3S. The van der Waals surface area contributed by atoms with Crippen LogP contribution in [-0.4, -0.2) is 52.3 Å². The number of thiazole rings is 1. The fourth-order valence-electron chi connectivity index (χ4n) is 2.72. The third-order valence-electron chi connectivity index (χ3n) is 3.55. The van der Waals surface area contributed by atoms with Crippen LogP contribution in [-0.2, 0) is 4.74 Å². The van der Waals surface area contributed by atoms with Gasteiger partial charge in [0.25, 0.3) is 5.91 Å². The zero-order valence-electron chi connectivity index (χ0n) is 12.1.